The Balaban J connectivity index is 2.12. The van der Waals surface area contributed by atoms with Gasteiger partial charge in [0.05, 0.1) is 23.3 Å². The van der Waals surface area contributed by atoms with Crippen LogP contribution >= 0.6 is 38.9 Å². The van der Waals surface area contributed by atoms with E-state index in [9.17, 15) is 4.79 Å². The fourth-order valence-corrected chi connectivity index (χ4v) is 3.65. The van der Waals surface area contributed by atoms with Crippen molar-refractivity contribution in [3.63, 3.8) is 0 Å². The van der Waals surface area contributed by atoms with Gasteiger partial charge in [-0.1, -0.05) is 11.6 Å². The Bertz CT molecular complexity index is 708. The van der Waals surface area contributed by atoms with Gasteiger partial charge in [-0.05, 0) is 41.9 Å². The number of thiazole rings is 1. The van der Waals surface area contributed by atoms with Crippen molar-refractivity contribution in [2.24, 2.45) is 0 Å². The zero-order valence-corrected chi connectivity index (χ0v) is 16.2. The van der Waals surface area contributed by atoms with E-state index >= 15 is 0 Å². The predicted molar refractivity (Wildman–Crippen MR) is 97.7 cm³/mol. The maximum Gasteiger partial charge on any atom is 0.322 e. The number of aromatic nitrogens is 1. The number of nitrogens with one attached hydrogen (secondary N) is 1. The molecule has 0 saturated heterocycles. The minimum Gasteiger partial charge on any atom is -0.491 e. The van der Waals surface area contributed by atoms with Crippen molar-refractivity contribution in [3.05, 3.63) is 37.7 Å². The van der Waals surface area contributed by atoms with E-state index in [-0.39, 0.29) is 6.03 Å². The first-order chi connectivity index (χ1) is 10.9. The minimum absolute atomic E-state index is 0.257. The molecule has 2 amide bonds. The molecule has 1 aromatic carbocycles. The molecule has 0 spiro atoms. The highest BCUT2D eigenvalue weighted by Gasteiger charge is 2.16. The van der Waals surface area contributed by atoms with Crippen LogP contribution in [-0.2, 0) is 6.54 Å². The summed E-state index contributed by atoms with van der Waals surface area (Å²) >= 11 is 11.0. The number of anilines is 1. The fraction of sp³-hybridized carbons (Fsp3) is 0.333. The van der Waals surface area contributed by atoms with Crippen LogP contribution in [0.25, 0.3) is 0 Å². The van der Waals surface area contributed by atoms with Gasteiger partial charge in [0.25, 0.3) is 0 Å². The average molecular weight is 419 g/mol. The summed E-state index contributed by atoms with van der Waals surface area (Å²) in [6.07, 6.45) is 0. The first kappa shape index (κ1) is 18.0. The fourth-order valence-electron chi connectivity index (χ4n) is 1.90. The molecule has 23 heavy (non-hydrogen) atoms. The molecule has 0 atom stereocenters. The number of urea groups is 1. The molecule has 0 aliphatic heterocycles. The van der Waals surface area contributed by atoms with Crippen LogP contribution in [0.1, 0.15) is 17.6 Å². The van der Waals surface area contributed by atoms with E-state index in [1.807, 2.05) is 19.2 Å². The number of amides is 2. The van der Waals surface area contributed by atoms with Gasteiger partial charge in [-0.3, -0.25) is 0 Å². The second-order valence-electron chi connectivity index (χ2n) is 4.87. The maximum atomic E-state index is 12.4. The Kier molecular flexibility index (Phi) is 6.26. The molecule has 0 radical (unpaired) electrons. The number of hydrogen-bond acceptors (Lipinski definition) is 4. The third-order valence-electron chi connectivity index (χ3n) is 2.92. The van der Waals surface area contributed by atoms with E-state index in [1.165, 1.54) is 11.3 Å². The first-order valence-corrected chi connectivity index (χ1v) is 9.00. The number of aryl methyl sites for hydroxylation is 1. The van der Waals surface area contributed by atoms with E-state index in [0.29, 0.717) is 34.1 Å². The average Bonchev–Trinajstić information content (AvgIpc) is 2.87. The van der Waals surface area contributed by atoms with Gasteiger partial charge < -0.3 is 15.0 Å². The number of carbonyl (C=O) groups excluding carboxylic acids is 1. The Morgan fingerprint density at radius 1 is 1.52 bits per heavy atom. The lowest BCUT2D eigenvalue weighted by molar-refractivity contribution is 0.220. The predicted octanol–water partition coefficient (Wildman–Crippen LogP) is 4.93. The van der Waals surface area contributed by atoms with Crippen LogP contribution in [0.5, 0.6) is 5.75 Å². The van der Waals surface area contributed by atoms with Crippen LogP contribution in [0.3, 0.4) is 0 Å². The summed E-state index contributed by atoms with van der Waals surface area (Å²) < 4.78 is 6.27. The van der Waals surface area contributed by atoms with Gasteiger partial charge in [-0.25, -0.2) is 9.78 Å². The third kappa shape index (κ3) is 4.83. The summed E-state index contributed by atoms with van der Waals surface area (Å²) in [6.45, 7) is 4.73. The molecular formula is C15H17BrClN3O2S. The van der Waals surface area contributed by atoms with Crippen molar-refractivity contribution >= 4 is 50.6 Å². The lowest BCUT2D eigenvalue weighted by atomic mass is 10.3. The summed E-state index contributed by atoms with van der Waals surface area (Å²) in [4.78, 5) is 18.3. The van der Waals surface area contributed by atoms with Gasteiger partial charge in [0.15, 0.2) is 5.75 Å². The summed E-state index contributed by atoms with van der Waals surface area (Å²) in [5, 5.41) is 6.18. The van der Waals surface area contributed by atoms with Crippen molar-refractivity contribution in [3.8, 4) is 5.75 Å². The zero-order valence-electron chi connectivity index (χ0n) is 13.0. The Hall–Kier alpha value is -1.31. The summed E-state index contributed by atoms with van der Waals surface area (Å²) in [7, 11) is 1.71. The van der Waals surface area contributed by atoms with Crippen molar-refractivity contribution in [2.45, 2.75) is 20.4 Å². The Labute approximate surface area is 152 Å². The Morgan fingerprint density at radius 3 is 2.87 bits per heavy atom. The monoisotopic (exact) mass is 417 g/mol. The molecule has 1 heterocycles. The minimum atomic E-state index is -0.257. The molecule has 5 nitrogen and oxygen atoms in total. The van der Waals surface area contributed by atoms with Crippen molar-refractivity contribution in [1.82, 2.24) is 9.88 Å². The topological polar surface area (TPSA) is 54.5 Å². The number of benzene rings is 1. The lowest BCUT2D eigenvalue weighted by Gasteiger charge is -2.19. The van der Waals surface area contributed by atoms with Crippen molar-refractivity contribution in [1.29, 1.82) is 0 Å². The molecular weight excluding hydrogens is 402 g/mol. The number of rotatable bonds is 5. The number of halogens is 2. The molecule has 0 bridgehead atoms. The first-order valence-electron chi connectivity index (χ1n) is 6.95. The van der Waals surface area contributed by atoms with Gasteiger partial charge in [0, 0.05) is 23.1 Å². The molecule has 124 valence electrons. The zero-order chi connectivity index (χ0) is 17.0. The third-order valence-corrected chi connectivity index (χ3v) is 4.68. The summed E-state index contributed by atoms with van der Waals surface area (Å²) in [5.41, 5.74) is 1.48. The Morgan fingerprint density at radius 2 is 2.26 bits per heavy atom. The number of hydrogen-bond donors (Lipinski definition) is 1. The van der Waals surface area contributed by atoms with Gasteiger partial charge >= 0.3 is 6.03 Å². The smallest absolute Gasteiger partial charge is 0.322 e. The molecule has 8 heteroatoms. The van der Waals surface area contributed by atoms with Crippen molar-refractivity contribution in [2.75, 3.05) is 19.0 Å². The number of carbonyl (C=O) groups is 1. The molecule has 0 aliphatic rings. The van der Waals surface area contributed by atoms with Crippen LogP contribution in [0.15, 0.2) is 22.0 Å². The molecule has 2 rings (SSSR count). The van der Waals surface area contributed by atoms with Gasteiger partial charge in [0.1, 0.15) is 5.01 Å². The molecule has 0 saturated carbocycles. The van der Waals surface area contributed by atoms with Crippen LogP contribution in [0, 0.1) is 6.92 Å². The molecule has 1 aromatic heterocycles. The maximum absolute atomic E-state index is 12.4. The van der Waals surface area contributed by atoms with Crippen molar-refractivity contribution < 1.29 is 9.53 Å². The normalized spacial score (nSPS) is 10.5. The number of ether oxygens (including phenoxy) is 1. The van der Waals surface area contributed by atoms with E-state index in [0.717, 1.165) is 10.7 Å². The van der Waals surface area contributed by atoms with Crippen LogP contribution in [0.2, 0.25) is 5.02 Å². The van der Waals surface area contributed by atoms with E-state index in [1.54, 1.807) is 24.1 Å². The second-order valence-corrected chi connectivity index (χ2v) is 7.10. The van der Waals surface area contributed by atoms with E-state index in [4.69, 9.17) is 16.3 Å². The largest absolute Gasteiger partial charge is 0.491 e. The second kappa shape index (κ2) is 7.99. The summed E-state index contributed by atoms with van der Waals surface area (Å²) in [5.74, 6) is 0.559. The van der Waals surface area contributed by atoms with Gasteiger partial charge in [-0.15, -0.1) is 11.3 Å². The molecule has 1 N–H and O–H groups in total. The molecule has 2 aromatic rings. The van der Waals surface area contributed by atoms with Crippen LogP contribution in [0.4, 0.5) is 10.5 Å². The van der Waals surface area contributed by atoms with E-state index < -0.39 is 0 Å². The van der Waals surface area contributed by atoms with E-state index in [2.05, 4.69) is 26.2 Å². The lowest BCUT2D eigenvalue weighted by Crippen LogP contribution is -2.31. The number of nitrogens with zero attached hydrogens (tertiary/aromatic N) is 2. The highest BCUT2D eigenvalue weighted by molar-refractivity contribution is 9.10. The van der Waals surface area contributed by atoms with Crippen LogP contribution in [-0.4, -0.2) is 29.6 Å². The van der Waals surface area contributed by atoms with Gasteiger partial charge in [0.2, 0.25) is 0 Å². The molecule has 0 aliphatic carbocycles. The molecule has 0 fully saturated rings. The van der Waals surface area contributed by atoms with Crippen LogP contribution < -0.4 is 10.1 Å². The summed E-state index contributed by atoms with van der Waals surface area (Å²) in [6, 6.07) is 3.13. The quantitative estimate of drug-likeness (QED) is 0.749. The molecule has 0 unspecified atom stereocenters. The standard InChI is InChI=1S/C15H17BrClN3O2S/c1-4-22-14-11(16)5-10(17)6-12(14)19-15(21)20(3)7-13-18-9(2)8-23-13/h5-6,8H,4,7H2,1-3H3,(H,19,21). The highest BCUT2D eigenvalue weighted by atomic mass is 79.9. The highest BCUT2D eigenvalue weighted by Crippen LogP contribution is 2.36. The van der Waals surface area contributed by atoms with Gasteiger partial charge in [-0.2, -0.15) is 0 Å². The SMILES string of the molecule is CCOc1c(Br)cc(Cl)cc1NC(=O)N(C)Cc1nc(C)cs1.